The van der Waals surface area contributed by atoms with E-state index in [1.54, 1.807) is 13.1 Å². The summed E-state index contributed by atoms with van der Waals surface area (Å²) in [5.41, 5.74) is 7.52. The summed E-state index contributed by atoms with van der Waals surface area (Å²) in [6.45, 7) is 6.30. The average molecular weight is 387 g/mol. The second-order valence-corrected chi connectivity index (χ2v) is 6.93. The van der Waals surface area contributed by atoms with Gasteiger partial charge in [0, 0.05) is 53.3 Å². The Morgan fingerprint density at radius 2 is 2.08 bits per heavy atom. The highest BCUT2D eigenvalue weighted by atomic mass is 32.1. The van der Waals surface area contributed by atoms with Crippen LogP contribution in [0.3, 0.4) is 0 Å². The summed E-state index contributed by atoms with van der Waals surface area (Å²) in [6.07, 6.45) is 1.81. The quantitative estimate of drug-likeness (QED) is 0.456. The van der Waals surface area contributed by atoms with Crippen LogP contribution in [0.5, 0.6) is 0 Å². The van der Waals surface area contributed by atoms with Gasteiger partial charge in [0.1, 0.15) is 24.1 Å². The molecule has 1 saturated heterocycles. The molecule has 1 aromatic heterocycles. The highest BCUT2D eigenvalue weighted by Crippen LogP contribution is 2.25. The lowest BCUT2D eigenvalue weighted by molar-refractivity contribution is 0.120. The van der Waals surface area contributed by atoms with Gasteiger partial charge in [-0.05, 0) is 19.1 Å². The SMILES string of the molecule is CC(O)N1CCC(=N)c2ncccc21.NC(S)N1CCN(CCF)CC1.[HH]. The molecule has 2 atom stereocenters. The Bertz CT molecular complexity index is 586. The van der Waals surface area contributed by atoms with Crippen molar-refractivity contribution < 1.29 is 10.9 Å². The molecule has 26 heavy (non-hydrogen) atoms. The van der Waals surface area contributed by atoms with Crippen molar-refractivity contribution in [3.8, 4) is 0 Å². The van der Waals surface area contributed by atoms with E-state index in [2.05, 4.69) is 27.4 Å². The second-order valence-electron chi connectivity index (χ2n) is 6.41. The first kappa shape index (κ1) is 21.0. The first-order valence-electron chi connectivity index (χ1n) is 8.87. The van der Waals surface area contributed by atoms with E-state index in [9.17, 15) is 9.50 Å². The molecule has 3 rings (SSSR count). The zero-order valence-corrected chi connectivity index (χ0v) is 16.1. The minimum atomic E-state index is -0.522. The number of fused-ring (bicyclic) bond motifs is 1. The molecule has 7 nitrogen and oxygen atoms in total. The van der Waals surface area contributed by atoms with E-state index >= 15 is 0 Å². The molecular weight excluding hydrogens is 355 g/mol. The second kappa shape index (κ2) is 10.2. The van der Waals surface area contributed by atoms with Crippen LogP contribution in [0.2, 0.25) is 0 Å². The Labute approximate surface area is 161 Å². The topological polar surface area (TPSA) is 92.7 Å². The Morgan fingerprint density at radius 3 is 2.65 bits per heavy atom. The highest BCUT2D eigenvalue weighted by Gasteiger charge is 2.23. The van der Waals surface area contributed by atoms with Crippen molar-refractivity contribution >= 4 is 24.0 Å². The number of anilines is 1. The maximum absolute atomic E-state index is 11.9. The summed E-state index contributed by atoms with van der Waals surface area (Å²) in [5.74, 6) is 0. The van der Waals surface area contributed by atoms with Crippen LogP contribution in [-0.4, -0.2) is 83.3 Å². The number of aromatic nitrogens is 1. The first-order valence-corrected chi connectivity index (χ1v) is 9.39. The molecule has 1 aromatic rings. The van der Waals surface area contributed by atoms with Crippen molar-refractivity contribution in [2.24, 2.45) is 5.73 Å². The molecule has 148 valence electrons. The summed E-state index contributed by atoms with van der Waals surface area (Å²) < 4.78 is 11.9. The Kier molecular flexibility index (Phi) is 8.23. The smallest absolute Gasteiger partial charge is 0.124 e. The van der Waals surface area contributed by atoms with Gasteiger partial charge in [0.2, 0.25) is 0 Å². The van der Waals surface area contributed by atoms with Crippen LogP contribution in [0, 0.1) is 5.41 Å². The summed E-state index contributed by atoms with van der Waals surface area (Å²) in [5, 5.41) is 17.3. The zero-order valence-electron chi connectivity index (χ0n) is 15.2. The molecule has 0 saturated carbocycles. The number of hydrogen-bond acceptors (Lipinski definition) is 8. The number of nitrogens with zero attached hydrogens (tertiary/aromatic N) is 4. The molecule has 2 aliphatic rings. The highest BCUT2D eigenvalue weighted by molar-refractivity contribution is 7.80. The molecule has 2 aliphatic heterocycles. The number of halogens is 1. The fraction of sp³-hybridized carbons (Fsp3) is 0.647. The van der Waals surface area contributed by atoms with Crippen LogP contribution in [0.1, 0.15) is 20.5 Å². The van der Waals surface area contributed by atoms with E-state index in [4.69, 9.17) is 11.1 Å². The largest absolute Gasteiger partial charge is 0.374 e. The molecule has 0 amide bonds. The van der Waals surface area contributed by atoms with Gasteiger partial charge < -0.3 is 21.1 Å². The van der Waals surface area contributed by atoms with Crippen LogP contribution in [-0.2, 0) is 0 Å². The predicted octanol–water partition coefficient (Wildman–Crippen LogP) is 0.989. The summed E-state index contributed by atoms with van der Waals surface area (Å²) in [7, 11) is 0. The molecule has 0 bridgehead atoms. The third-order valence-electron chi connectivity index (χ3n) is 4.62. The van der Waals surface area contributed by atoms with Gasteiger partial charge in [0.05, 0.1) is 11.4 Å². The van der Waals surface area contributed by atoms with Crippen LogP contribution < -0.4 is 10.6 Å². The van der Waals surface area contributed by atoms with E-state index in [0.29, 0.717) is 30.9 Å². The summed E-state index contributed by atoms with van der Waals surface area (Å²) in [4.78, 5) is 10.2. The number of thiol groups is 1. The summed E-state index contributed by atoms with van der Waals surface area (Å²) >= 11 is 4.13. The molecule has 2 unspecified atom stereocenters. The maximum Gasteiger partial charge on any atom is 0.124 e. The number of hydrogen-bond donors (Lipinski definition) is 4. The normalized spacial score (nSPS) is 20.8. The third-order valence-corrected chi connectivity index (χ3v) is 4.94. The van der Waals surface area contributed by atoms with Gasteiger partial charge in [-0.15, -0.1) is 12.6 Å². The zero-order chi connectivity index (χ0) is 19.1. The molecule has 4 N–H and O–H groups in total. The van der Waals surface area contributed by atoms with Gasteiger partial charge in [0.15, 0.2) is 0 Å². The van der Waals surface area contributed by atoms with Crippen molar-refractivity contribution in [3.05, 3.63) is 24.0 Å². The van der Waals surface area contributed by atoms with Crippen molar-refractivity contribution in [1.82, 2.24) is 14.8 Å². The van der Waals surface area contributed by atoms with E-state index in [1.807, 2.05) is 17.0 Å². The Morgan fingerprint density at radius 1 is 1.38 bits per heavy atom. The number of rotatable bonds is 4. The average Bonchev–Trinajstić information content (AvgIpc) is 2.63. The Hall–Kier alpha value is -1.26. The fourth-order valence-electron chi connectivity index (χ4n) is 3.09. The molecule has 0 aliphatic carbocycles. The fourth-order valence-corrected chi connectivity index (χ4v) is 3.32. The lowest BCUT2D eigenvalue weighted by Gasteiger charge is -2.35. The molecule has 1 fully saturated rings. The summed E-state index contributed by atoms with van der Waals surface area (Å²) in [6, 6.07) is 3.72. The number of piperazine rings is 1. The number of alkyl halides is 1. The number of aliphatic hydroxyl groups is 1. The lowest BCUT2D eigenvalue weighted by Crippen LogP contribution is -2.51. The van der Waals surface area contributed by atoms with Crippen LogP contribution >= 0.6 is 12.6 Å². The third kappa shape index (κ3) is 5.62. The minimum absolute atomic E-state index is 0. The molecule has 9 heteroatoms. The van der Waals surface area contributed by atoms with E-state index in [-0.39, 0.29) is 13.6 Å². The van der Waals surface area contributed by atoms with Crippen molar-refractivity contribution in [2.75, 3.05) is 50.8 Å². The molecule has 0 spiro atoms. The van der Waals surface area contributed by atoms with E-state index < -0.39 is 6.23 Å². The van der Waals surface area contributed by atoms with Gasteiger partial charge in [-0.2, -0.15) is 0 Å². The molecule has 3 heterocycles. The number of nitrogens with two attached hydrogens (primary N) is 1. The number of nitrogens with one attached hydrogen (secondary N) is 1. The van der Waals surface area contributed by atoms with Gasteiger partial charge >= 0.3 is 0 Å². The van der Waals surface area contributed by atoms with Crippen LogP contribution in [0.15, 0.2) is 18.3 Å². The van der Waals surface area contributed by atoms with Crippen molar-refractivity contribution in [2.45, 2.75) is 25.1 Å². The van der Waals surface area contributed by atoms with E-state index in [1.165, 1.54) is 0 Å². The van der Waals surface area contributed by atoms with Crippen molar-refractivity contribution in [1.29, 1.82) is 5.41 Å². The Balaban J connectivity index is 0.000000264. The van der Waals surface area contributed by atoms with Gasteiger partial charge in [-0.1, -0.05) is 0 Å². The van der Waals surface area contributed by atoms with E-state index in [0.717, 1.165) is 31.9 Å². The van der Waals surface area contributed by atoms with Crippen molar-refractivity contribution in [3.63, 3.8) is 0 Å². The minimum Gasteiger partial charge on any atom is -0.374 e. The molecule has 0 aromatic carbocycles. The maximum atomic E-state index is 11.9. The predicted molar refractivity (Wildman–Crippen MR) is 108 cm³/mol. The van der Waals surface area contributed by atoms with Crippen LogP contribution in [0.4, 0.5) is 10.1 Å². The van der Waals surface area contributed by atoms with Gasteiger partial charge in [-0.3, -0.25) is 14.8 Å². The molecule has 0 radical (unpaired) electrons. The first-order chi connectivity index (χ1) is 12.4. The lowest BCUT2D eigenvalue weighted by atomic mass is 10.1. The van der Waals surface area contributed by atoms with Crippen LogP contribution in [0.25, 0.3) is 0 Å². The van der Waals surface area contributed by atoms with Gasteiger partial charge in [0.25, 0.3) is 0 Å². The standard InChI is InChI=1S/C10H13N3O.C7H16FN3S.H2/c1-7(14)13-6-4-8(11)10-9(13)3-2-5-12-10;8-1-2-10-3-5-11(6-4-10)7(9)12;/h2-3,5,7,11,14H,4,6H2,1H3;7,12H,1-6,9H2;1H. The molecular formula is C17H31FN6OS. The van der Waals surface area contributed by atoms with Gasteiger partial charge in [-0.25, -0.2) is 4.39 Å². The number of aliphatic hydroxyl groups excluding tert-OH is 1. The monoisotopic (exact) mass is 386 g/mol. The number of pyridine rings is 1.